The van der Waals surface area contributed by atoms with E-state index in [0.29, 0.717) is 5.92 Å². The first-order valence-electron chi connectivity index (χ1n) is 7.96. The highest BCUT2D eigenvalue weighted by Gasteiger charge is 2.44. The van der Waals surface area contributed by atoms with Crippen LogP contribution >= 0.6 is 0 Å². The molecule has 0 aliphatic carbocycles. The second kappa shape index (κ2) is 5.66. The standard InChI is InChI=1S/C15H27N5O/c1-11(2)15(5-6-16-10-15)14-17-13(18-21-14)12-9-19(3)7-8-20(12)4/h11-12,16H,5-10H2,1-4H3. The van der Waals surface area contributed by atoms with Crippen LogP contribution in [0.3, 0.4) is 0 Å². The van der Waals surface area contributed by atoms with E-state index in [1.807, 2.05) is 0 Å². The van der Waals surface area contributed by atoms with Gasteiger partial charge in [0.25, 0.3) is 0 Å². The molecular weight excluding hydrogens is 266 g/mol. The number of rotatable bonds is 3. The van der Waals surface area contributed by atoms with E-state index in [4.69, 9.17) is 9.51 Å². The van der Waals surface area contributed by atoms with Crippen LogP contribution in [0.5, 0.6) is 0 Å². The molecule has 6 heteroatoms. The molecule has 2 unspecified atom stereocenters. The first kappa shape index (κ1) is 14.9. The number of hydrogen-bond donors (Lipinski definition) is 1. The third-order valence-corrected chi connectivity index (χ3v) is 5.31. The minimum absolute atomic E-state index is 0.00436. The van der Waals surface area contributed by atoms with Gasteiger partial charge in [0, 0.05) is 26.2 Å². The fourth-order valence-electron chi connectivity index (χ4n) is 3.49. The summed E-state index contributed by atoms with van der Waals surface area (Å²) in [6.45, 7) is 9.56. The summed E-state index contributed by atoms with van der Waals surface area (Å²) < 4.78 is 5.70. The molecule has 3 heterocycles. The summed E-state index contributed by atoms with van der Waals surface area (Å²) in [4.78, 5) is 9.46. The molecule has 0 aromatic carbocycles. The van der Waals surface area contributed by atoms with Gasteiger partial charge in [0.2, 0.25) is 5.89 Å². The van der Waals surface area contributed by atoms with Gasteiger partial charge in [0.15, 0.2) is 5.82 Å². The van der Waals surface area contributed by atoms with Crippen LogP contribution in [-0.2, 0) is 5.41 Å². The molecule has 0 radical (unpaired) electrons. The van der Waals surface area contributed by atoms with Gasteiger partial charge in [-0.25, -0.2) is 0 Å². The number of likely N-dealkylation sites (N-methyl/N-ethyl adjacent to an activating group) is 2. The van der Waals surface area contributed by atoms with Crippen molar-refractivity contribution in [3.63, 3.8) is 0 Å². The quantitative estimate of drug-likeness (QED) is 0.892. The van der Waals surface area contributed by atoms with Crippen molar-refractivity contribution in [1.82, 2.24) is 25.3 Å². The number of nitrogens with zero attached hydrogens (tertiary/aromatic N) is 4. The largest absolute Gasteiger partial charge is 0.339 e. The summed E-state index contributed by atoms with van der Waals surface area (Å²) in [6, 6.07) is 0.236. The van der Waals surface area contributed by atoms with E-state index in [9.17, 15) is 0 Å². The first-order chi connectivity index (χ1) is 10.0. The van der Waals surface area contributed by atoms with Crippen molar-refractivity contribution >= 4 is 0 Å². The average molecular weight is 293 g/mol. The molecule has 2 atom stereocenters. The summed E-state index contributed by atoms with van der Waals surface area (Å²) in [7, 11) is 4.29. The number of nitrogens with one attached hydrogen (secondary N) is 1. The van der Waals surface area contributed by atoms with Crippen LogP contribution in [0.1, 0.15) is 38.0 Å². The van der Waals surface area contributed by atoms with Crippen molar-refractivity contribution in [3.05, 3.63) is 11.7 Å². The molecule has 2 aliphatic heterocycles. The highest BCUT2D eigenvalue weighted by molar-refractivity contribution is 5.13. The summed E-state index contributed by atoms with van der Waals surface area (Å²) in [5, 5.41) is 7.77. The van der Waals surface area contributed by atoms with E-state index in [1.54, 1.807) is 0 Å². The lowest BCUT2D eigenvalue weighted by molar-refractivity contribution is 0.108. The Balaban J connectivity index is 1.85. The molecule has 118 valence electrons. The van der Waals surface area contributed by atoms with Gasteiger partial charge in [0.05, 0.1) is 11.5 Å². The van der Waals surface area contributed by atoms with E-state index in [-0.39, 0.29) is 11.5 Å². The van der Waals surface area contributed by atoms with Crippen LogP contribution in [0.4, 0.5) is 0 Å². The number of piperazine rings is 1. The Kier molecular flexibility index (Phi) is 4.03. The molecule has 21 heavy (non-hydrogen) atoms. The predicted octanol–water partition coefficient (Wildman–Crippen LogP) is 0.875. The molecule has 6 nitrogen and oxygen atoms in total. The van der Waals surface area contributed by atoms with Crippen LogP contribution in [0.15, 0.2) is 4.52 Å². The molecule has 0 spiro atoms. The maximum Gasteiger partial charge on any atom is 0.234 e. The van der Waals surface area contributed by atoms with Crippen molar-refractivity contribution in [2.75, 3.05) is 46.8 Å². The lowest BCUT2D eigenvalue weighted by Gasteiger charge is -2.35. The Bertz CT molecular complexity index is 480. The van der Waals surface area contributed by atoms with E-state index in [2.05, 4.69) is 48.2 Å². The van der Waals surface area contributed by atoms with E-state index in [1.165, 1.54) is 0 Å². The highest BCUT2D eigenvalue weighted by Crippen LogP contribution is 2.37. The molecule has 2 fully saturated rings. The Morgan fingerprint density at radius 1 is 1.33 bits per heavy atom. The van der Waals surface area contributed by atoms with Crippen LogP contribution in [0, 0.1) is 5.92 Å². The minimum atomic E-state index is 0.00436. The number of hydrogen-bond acceptors (Lipinski definition) is 6. The second-order valence-corrected chi connectivity index (χ2v) is 6.95. The molecule has 1 aromatic heterocycles. The topological polar surface area (TPSA) is 57.4 Å². The van der Waals surface area contributed by atoms with Gasteiger partial charge in [-0.1, -0.05) is 19.0 Å². The zero-order valence-electron chi connectivity index (χ0n) is 13.6. The van der Waals surface area contributed by atoms with Crippen LogP contribution in [-0.4, -0.2) is 66.8 Å². The third kappa shape index (κ3) is 2.60. The van der Waals surface area contributed by atoms with Crippen molar-refractivity contribution in [1.29, 1.82) is 0 Å². The Morgan fingerprint density at radius 2 is 2.14 bits per heavy atom. The lowest BCUT2D eigenvalue weighted by Crippen LogP contribution is -2.45. The highest BCUT2D eigenvalue weighted by atomic mass is 16.5. The molecule has 0 amide bonds. The Morgan fingerprint density at radius 3 is 2.81 bits per heavy atom. The van der Waals surface area contributed by atoms with Gasteiger partial charge < -0.3 is 14.7 Å². The molecule has 1 aromatic rings. The Labute approximate surface area is 126 Å². The van der Waals surface area contributed by atoms with Crippen molar-refractivity contribution in [3.8, 4) is 0 Å². The molecule has 2 saturated heterocycles. The zero-order valence-corrected chi connectivity index (χ0v) is 13.6. The first-order valence-corrected chi connectivity index (χ1v) is 7.96. The van der Waals surface area contributed by atoms with E-state index in [0.717, 1.165) is 50.9 Å². The van der Waals surface area contributed by atoms with Crippen LogP contribution in [0.2, 0.25) is 0 Å². The molecule has 0 bridgehead atoms. The van der Waals surface area contributed by atoms with Crippen molar-refractivity contribution < 1.29 is 4.52 Å². The van der Waals surface area contributed by atoms with Crippen LogP contribution < -0.4 is 5.32 Å². The van der Waals surface area contributed by atoms with Gasteiger partial charge >= 0.3 is 0 Å². The van der Waals surface area contributed by atoms with Gasteiger partial charge in [0.1, 0.15) is 0 Å². The van der Waals surface area contributed by atoms with Crippen molar-refractivity contribution in [2.24, 2.45) is 5.92 Å². The zero-order chi connectivity index (χ0) is 15.0. The summed E-state index contributed by atoms with van der Waals surface area (Å²) in [5.74, 6) is 2.15. The average Bonchev–Trinajstić information content (AvgIpc) is 3.09. The summed E-state index contributed by atoms with van der Waals surface area (Å²) in [6.07, 6.45) is 1.08. The predicted molar refractivity (Wildman–Crippen MR) is 81.2 cm³/mol. The summed E-state index contributed by atoms with van der Waals surface area (Å²) >= 11 is 0. The van der Waals surface area contributed by atoms with Crippen LogP contribution in [0.25, 0.3) is 0 Å². The maximum atomic E-state index is 5.70. The Hall–Kier alpha value is -0.980. The van der Waals surface area contributed by atoms with E-state index >= 15 is 0 Å². The fraction of sp³-hybridized carbons (Fsp3) is 0.867. The van der Waals surface area contributed by atoms with Gasteiger partial charge in [-0.15, -0.1) is 0 Å². The molecular formula is C15H27N5O. The fourth-order valence-corrected chi connectivity index (χ4v) is 3.49. The third-order valence-electron chi connectivity index (χ3n) is 5.31. The number of aromatic nitrogens is 2. The molecule has 3 rings (SSSR count). The normalized spacial score (nSPS) is 32.1. The van der Waals surface area contributed by atoms with Gasteiger partial charge in [-0.2, -0.15) is 4.98 Å². The van der Waals surface area contributed by atoms with Crippen molar-refractivity contribution in [2.45, 2.75) is 31.7 Å². The van der Waals surface area contributed by atoms with Gasteiger partial charge in [-0.3, -0.25) is 4.90 Å². The summed E-state index contributed by atoms with van der Waals surface area (Å²) in [5.41, 5.74) is 0.00436. The smallest absolute Gasteiger partial charge is 0.234 e. The molecule has 2 aliphatic rings. The SMILES string of the molecule is CC(C)C1(c2nc(C3CN(C)CCN3C)no2)CCNC1. The minimum Gasteiger partial charge on any atom is -0.339 e. The lowest BCUT2D eigenvalue weighted by atomic mass is 9.76. The molecule has 0 saturated carbocycles. The molecule has 1 N–H and O–H groups in total. The maximum absolute atomic E-state index is 5.70. The van der Waals surface area contributed by atoms with E-state index < -0.39 is 0 Å². The monoisotopic (exact) mass is 293 g/mol. The second-order valence-electron chi connectivity index (χ2n) is 6.95. The van der Waals surface area contributed by atoms with Gasteiger partial charge in [-0.05, 0) is 33.0 Å².